The van der Waals surface area contributed by atoms with Gasteiger partial charge in [0.1, 0.15) is 16.9 Å². The van der Waals surface area contributed by atoms with Gasteiger partial charge in [0, 0.05) is 49.6 Å². The van der Waals surface area contributed by atoms with Gasteiger partial charge in [-0.3, -0.25) is 0 Å². The third-order valence-corrected chi connectivity index (χ3v) is 12.8. The van der Waals surface area contributed by atoms with Crippen LogP contribution in [0.25, 0.3) is 99.9 Å². The molecule has 0 N–H and O–H groups in total. The lowest BCUT2D eigenvalue weighted by atomic mass is 9.96. The summed E-state index contributed by atoms with van der Waals surface area (Å²) in [6, 6.07) is 73.6. The first kappa shape index (κ1) is 38.1. The fourth-order valence-corrected chi connectivity index (χ4v) is 9.64. The molecule has 0 radical (unpaired) electrons. The molecule has 0 saturated carbocycles. The van der Waals surface area contributed by atoms with Crippen LogP contribution in [0.5, 0.6) is 0 Å². The van der Waals surface area contributed by atoms with Crippen LogP contribution in [0.3, 0.4) is 0 Å². The van der Waals surface area contributed by atoms with Gasteiger partial charge in [-0.25, -0.2) is 0 Å². The number of allylic oxidation sites excluding steroid dienone is 2. The van der Waals surface area contributed by atoms with Gasteiger partial charge in [0.2, 0.25) is 0 Å². The first-order valence-corrected chi connectivity index (χ1v) is 22.0. The highest BCUT2D eigenvalue weighted by Crippen LogP contribution is 2.44. The molecule has 0 spiro atoms. The van der Waals surface area contributed by atoms with Crippen molar-refractivity contribution in [3.63, 3.8) is 0 Å². The molecule has 0 atom stereocenters. The molecule has 0 aliphatic heterocycles. The van der Waals surface area contributed by atoms with Gasteiger partial charge in [-0.05, 0) is 125 Å². The number of rotatable bonds is 9. The molecule has 12 aromatic rings. The highest BCUT2D eigenvalue weighted by Gasteiger charge is 2.21. The zero-order valence-corrected chi connectivity index (χ0v) is 35.8. The van der Waals surface area contributed by atoms with Crippen molar-refractivity contribution in [1.82, 2.24) is 4.57 Å². The van der Waals surface area contributed by atoms with Gasteiger partial charge in [0.05, 0.1) is 16.7 Å². The van der Waals surface area contributed by atoms with E-state index in [1.54, 1.807) is 6.08 Å². The molecule has 12 rings (SSSR count). The molecule has 3 aromatic heterocycles. The van der Waals surface area contributed by atoms with Crippen molar-refractivity contribution in [1.29, 1.82) is 0 Å². The third kappa shape index (κ3) is 6.46. The van der Waals surface area contributed by atoms with E-state index in [1.165, 1.54) is 27.4 Å². The molecular weight excluding hydrogens is 793 g/mol. The van der Waals surface area contributed by atoms with Gasteiger partial charge in [0.25, 0.3) is 0 Å². The van der Waals surface area contributed by atoms with Crippen LogP contribution in [-0.4, -0.2) is 4.57 Å². The molecule has 0 bridgehead atoms. The van der Waals surface area contributed by atoms with Crippen molar-refractivity contribution in [2.75, 3.05) is 4.90 Å². The van der Waals surface area contributed by atoms with E-state index in [9.17, 15) is 0 Å². The largest absolute Gasteiger partial charge is 0.456 e. The second-order valence-electron chi connectivity index (χ2n) is 16.5. The lowest BCUT2D eigenvalue weighted by molar-refractivity contribution is 0.601. The van der Waals surface area contributed by atoms with E-state index in [0.717, 1.165) is 94.8 Å². The fourth-order valence-electron chi connectivity index (χ4n) is 9.64. The second-order valence-corrected chi connectivity index (χ2v) is 16.5. The Bertz CT molecular complexity index is 3780. The number of aromatic nitrogens is 1. The molecule has 4 nitrogen and oxygen atoms in total. The molecule has 65 heavy (non-hydrogen) atoms. The van der Waals surface area contributed by atoms with E-state index in [1.807, 2.05) is 12.2 Å². The van der Waals surface area contributed by atoms with Gasteiger partial charge < -0.3 is 18.3 Å². The van der Waals surface area contributed by atoms with Gasteiger partial charge >= 0.3 is 0 Å². The predicted octanol–water partition coefficient (Wildman–Crippen LogP) is 17.4. The van der Waals surface area contributed by atoms with Gasteiger partial charge in [-0.15, -0.1) is 0 Å². The molecule has 0 fully saturated rings. The van der Waals surface area contributed by atoms with Gasteiger partial charge in [0.15, 0.2) is 5.58 Å². The van der Waals surface area contributed by atoms with Crippen LogP contribution >= 0.6 is 0 Å². The predicted molar refractivity (Wildman–Crippen MR) is 273 cm³/mol. The number of furan rings is 2. The van der Waals surface area contributed by atoms with Crippen LogP contribution in [0.2, 0.25) is 0 Å². The maximum atomic E-state index is 6.64. The summed E-state index contributed by atoms with van der Waals surface area (Å²) >= 11 is 0. The number of fused-ring (bicyclic) bond motifs is 7. The van der Waals surface area contributed by atoms with Crippen molar-refractivity contribution in [2.24, 2.45) is 0 Å². The molecule has 9 aromatic carbocycles. The summed E-state index contributed by atoms with van der Waals surface area (Å²) in [7, 11) is 0. The Kier molecular flexibility index (Phi) is 9.17. The highest BCUT2D eigenvalue weighted by atomic mass is 16.3. The maximum absolute atomic E-state index is 6.64. The summed E-state index contributed by atoms with van der Waals surface area (Å²) in [5, 5.41) is 5.72. The van der Waals surface area contributed by atoms with E-state index in [2.05, 4.69) is 229 Å². The summed E-state index contributed by atoms with van der Waals surface area (Å²) in [6.45, 7) is 5.98. The van der Waals surface area contributed by atoms with E-state index in [4.69, 9.17) is 8.83 Å². The number of nitrogens with zero attached hydrogens (tertiary/aromatic N) is 2. The van der Waals surface area contributed by atoms with E-state index in [0.29, 0.717) is 0 Å². The molecule has 0 saturated heterocycles. The monoisotopic (exact) mass is 834 g/mol. The minimum absolute atomic E-state index is 0.821. The first-order valence-electron chi connectivity index (χ1n) is 22.0. The third-order valence-electron chi connectivity index (χ3n) is 12.8. The van der Waals surface area contributed by atoms with E-state index < -0.39 is 0 Å². The van der Waals surface area contributed by atoms with E-state index in [-0.39, 0.29) is 0 Å². The first-order chi connectivity index (χ1) is 32.1. The Labute approximate surface area is 376 Å². The van der Waals surface area contributed by atoms with Crippen molar-refractivity contribution in [3.05, 3.63) is 236 Å². The average molecular weight is 835 g/mol. The summed E-state index contributed by atoms with van der Waals surface area (Å²) < 4.78 is 15.5. The van der Waals surface area contributed by atoms with Gasteiger partial charge in [-0.1, -0.05) is 146 Å². The summed E-state index contributed by atoms with van der Waals surface area (Å²) in [5.74, 6) is 0.821. The quantitative estimate of drug-likeness (QED) is 0.136. The normalized spacial score (nSPS) is 11.8. The Hall–Kier alpha value is -8.60. The summed E-state index contributed by atoms with van der Waals surface area (Å²) in [6.07, 6.45) is 5.67. The smallest absolute Gasteiger partial charge is 0.159 e. The van der Waals surface area contributed by atoms with Crippen LogP contribution < -0.4 is 4.90 Å². The number of anilines is 3. The zero-order valence-electron chi connectivity index (χ0n) is 35.8. The number of aryl methyl sites for hydroxylation is 1. The van der Waals surface area contributed by atoms with Crippen LogP contribution in [-0.2, 0) is 0 Å². The second kappa shape index (κ2) is 15.6. The molecule has 0 aliphatic carbocycles. The van der Waals surface area contributed by atoms with Crippen molar-refractivity contribution in [3.8, 4) is 39.1 Å². The zero-order chi connectivity index (χ0) is 43.4. The number of benzene rings is 9. The Balaban J connectivity index is 0.959. The van der Waals surface area contributed by atoms with Crippen LogP contribution in [0.15, 0.2) is 234 Å². The lowest BCUT2D eigenvalue weighted by Gasteiger charge is -2.26. The molecular formula is C61H42N2O2. The number of hydrogen-bond acceptors (Lipinski definition) is 3. The minimum Gasteiger partial charge on any atom is -0.456 e. The molecule has 0 unspecified atom stereocenters. The molecule has 3 heterocycles. The molecule has 4 heteroatoms. The lowest BCUT2D eigenvalue weighted by Crippen LogP contribution is -2.10. The molecule has 308 valence electrons. The highest BCUT2D eigenvalue weighted by molar-refractivity contribution is 6.14. The summed E-state index contributed by atoms with van der Waals surface area (Å²) in [5.41, 5.74) is 17.1. The van der Waals surface area contributed by atoms with Gasteiger partial charge in [-0.2, -0.15) is 0 Å². The van der Waals surface area contributed by atoms with E-state index >= 15 is 0 Å². The standard InChI is InChI=1S/C61H42N2O2/c1-3-4-24-57-40(2)49-20-13-23-56(61(49)65-57)62(47-32-26-42(27-33-47)41-15-7-5-8-16-41)48-34-28-43(29-35-48)50-21-14-25-59-60(50)53-39-45(31-37-58(53)64-59)44-30-36-55-52(38-44)51-19-11-12-22-54(51)63(55)46-17-9-6-10-18-46/h3-39H,1H2,2H3/b24-4-. The molecule has 0 aliphatic rings. The average Bonchev–Trinajstić information content (AvgIpc) is 4.03. The van der Waals surface area contributed by atoms with Crippen molar-refractivity contribution in [2.45, 2.75) is 6.92 Å². The Morgan fingerprint density at radius 1 is 0.477 bits per heavy atom. The maximum Gasteiger partial charge on any atom is 0.159 e. The minimum atomic E-state index is 0.821. The van der Waals surface area contributed by atoms with Crippen LogP contribution in [0, 0.1) is 6.92 Å². The van der Waals surface area contributed by atoms with Crippen LogP contribution in [0.1, 0.15) is 11.3 Å². The Morgan fingerprint density at radius 3 is 1.86 bits per heavy atom. The summed E-state index contributed by atoms with van der Waals surface area (Å²) in [4.78, 5) is 2.29. The van der Waals surface area contributed by atoms with Crippen LogP contribution in [0.4, 0.5) is 17.1 Å². The Morgan fingerprint density at radius 2 is 1.09 bits per heavy atom. The molecule has 0 amide bonds. The number of para-hydroxylation sites is 3. The fraction of sp³-hybridized carbons (Fsp3) is 0.0164. The van der Waals surface area contributed by atoms with Crippen molar-refractivity contribution < 1.29 is 8.83 Å². The SMILES string of the molecule is C=C/C=C\c1oc2c(N(c3ccc(-c4ccccc4)cc3)c3ccc(-c4cccc5oc6ccc(-c7ccc8c(c7)c7ccccc7n8-c7ccccc7)cc6c45)cc3)cccc2c1C. The number of hydrogen-bond donors (Lipinski definition) is 0. The van der Waals surface area contributed by atoms with Crippen molar-refractivity contribution >= 4 is 77.9 Å². The topological polar surface area (TPSA) is 34.5 Å².